The fourth-order valence-electron chi connectivity index (χ4n) is 8.67. The van der Waals surface area contributed by atoms with Crippen molar-refractivity contribution in [2.45, 2.75) is 69.1 Å². The number of hydrogen-bond donors (Lipinski definition) is 4. The summed E-state index contributed by atoms with van der Waals surface area (Å²) in [6, 6.07) is 30.1. The third-order valence-corrected chi connectivity index (χ3v) is 13.6. The minimum Gasteiger partial charge on any atom is -0.432 e. The molecule has 3 aliphatic heterocycles. The molecule has 7 rings (SSSR count). The number of nitrogens with one attached hydrogen (secondary N) is 2. The molecule has 0 saturated carbocycles. The van der Waals surface area contributed by atoms with E-state index in [0.29, 0.717) is 46.7 Å². The molecule has 3 aliphatic rings. The predicted octanol–water partition coefficient (Wildman–Crippen LogP) is 5.91. The van der Waals surface area contributed by atoms with Gasteiger partial charge in [0.25, 0.3) is 17.7 Å². The SMILES string of the molecule is C[C@H]1[C@H]([Si](C)(C)O)[C@@H](CC(=O)N2CCC[C@H]2CO)O[C@]12C(=O)N(Cc1cccc(NC(=O)c3ccccc3)c1)c1ccc(NC(=O)c3ccccc3)cc12. The Morgan fingerprint density at radius 3 is 2.11 bits per heavy atom. The van der Waals surface area contributed by atoms with Gasteiger partial charge in [0.15, 0.2) is 13.9 Å². The number of rotatable bonds is 10. The molecule has 4 N–H and O–H groups in total. The van der Waals surface area contributed by atoms with Gasteiger partial charge >= 0.3 is 0 Å². The number of amides is 4. The highest BCUT2D eigenvalue weighted by Crippen LogP contribution is 2.60. The van der Waals surface area contributed by atoms with Gasteiger partial charge in [-0.25, -0.2) is 0 Å². The molecule has 4 aromatic carbocycles. The maximum absolute atomic E-state index is 15.1. The van der Waals surface area contributed by atoms with E-state index in [-0.39, 0.29) is 49.2 Å². The van der Waals surface area contributed by atoms with Crippen molar-refractivity contribution in [3.63, 3.8) is 0 Å². The van der Waals surface area contributed by atoms with E-state index in [2.05, 4.69) is 10.6 Å². The molecular weight excluding hydrogens is 701 g/mol. The standard InChI is InChI=1S/C42H46N4O7Si/c1-27-38(54(2,3)52)36(24-37(48)45-21-11-18-33(45)26-47)53-42(27)34-23-32(44-40(50)30-15-8-5-9-16-30)19-20-35(34)46(41(42)51)25-28-12-10-17-31(22-28)43-39(49)29-13-6-4-7-14-29/h4-10,12-17,19-20,22-23,27,33,36,38,47,52H,11,18,21,24-26H2,1-3H3,(H,43,49)(H,44,50)/t27-,33-,36+,38-,42+/m0/s1. The molecule has 1 spiro atoms. The lowest BCUT2D eigenvalue weighted by Gasteiger charge is -2.33. The quantitative estimate of drug-likeness (QED) is 0.148. The van der Waals surface area contributed by atoms with Gasteiger partial charge in [0.05, 0.1) is 37.4 Å². The number of carbonyl (C=O) groups is 4. The number of hydrogen-bond acceptors (Lipinski definition) is 7. The van der Waals surface area contributed by atoms with Crippen LogP contribution in [-0.2, 0) is 26.5 Å². The van der Waals surface area contributed by atoms with Crippen molar-refractivity contribution in [3.05, 3.63) is 125 Å². The van der Waals surface area contributed by atoms with Crippen molar-refractivity contribution in [1.29, 1.82) is 0 Å². The van der Waals surface area contributed by atoms with Crippen LogP contribution in [0.4, 0.5) is 17.1 Å². The zero-order valence-corrected chi connectivity index (χ0v) is 31.7. The molecule has 280 valence electrons. The van der Waals surface area contributed by atoms with Crippen LogP contribution in [0.1, 0.15) is 58.0 Å². The lowest BCUT2D eigenvalue weighted by molar-refractivity contribution is -0.150. The van der Waals surface area contributed by atoms with Crippen LogP contribution in [0.15, 0.2) is 103 Å². The Labute approximate surface area is 316 Å². The lowest BCUT2D eigenvalue weighted by atomic mass is 9.82. The van der Waals surface area contributed by atoms with E-state index in [0.717, 1.165) is 12.0 Å². The molecule has 2 saturated heterocycles. The monoisotopic (exact) mass is 746 g/mol. The molecule has 0 aliphatic carbocycles. The minimum atomic E-state index is -3.08. The first-order chi connectivity index (χ1) is 25.9. The summed E-state index contributed by atoms with van der Waals surface area (Å²) in [6.07, 6.45) is 0.699. The van der Waals surface area contributed by atoms with Gasteiger partial charge in [-0.15, -0.1) is 0 Å². The molecule has 4 aromatic rings. The van der Waals surface area contributed by atoms with Crippen LogP contribution in [-0.4, -0.2) is 72.0 Å². The highest BCUT2D eigenvalue weighted by Gasteiger charge is 2.66. The molecule has 0 radical (unpaired) electrons. The Kier molecular flexibility index (Phi) is 10.3. The highest BCUT2D eigenvalue weighted by molar-refractivity contribution is 6.71. The molecule has 4 amide bonds. The van der Waals surface area contributed by atoms with E-state index in [1.165, 1.54) is 0 Å². The summed E-state index contributed by atoms with van der Waals surface area (Å²) in [5.74, 6) is -1.61. The van der Waals surface area contributed by atoms with Crippen LogP contribution in [0, 0.1) is 5.92 Å². The number of carbonyl (C=O) groups excluding carboxylic acids is 4. The highest BCUT2D eigenvalue weighted by atomic mass is 28.4. The average Bonchev–Trinajstić information content (AvgIpc) is 3.82. The summed E-state index contributed by atoms with van der Waals surface area (Å²) in [5.41, 5.74) is 1.88. The zero-order valence-electron chi connectivity index (χ0n) is 30.7. The maximum Gasteiger partial charge on any atom is 0.264 e. The van der Waals surface area contributed by atoms with Crippen molar-refractivity contribution >= 4 is 49.0 Å². The molecule has 12 heteroatoms. The second-order valence-corrected chi connectivity index (χ2v) is 19.1. The second-order valence-electron chi connectivity index (χ2n) is 15.1. The topological polar surface area (TPSA) is 149 Å². The first kappa shape index (κ1) is 37.2. The van der Waals surface area contributed by atoms with Crippen LogP contribution < -0.4 is 15.5 Å². The predicted molar refractivity (Wildman–Crippen MR) is 208 cm³/mol. The normalized spacial score (nSPS) is 23.5. The van der Waals surface area contributed by atoms with Crippen molar-refractivity contribution < 1.29 is 33.8 Å². The molecule has 5 atom stereocenters. The van der Waals surface area contributed by atoms with Gasteiger partial charge in [-0.3, -0.25) is 19.2 Å². The average molecular weight is 747 g/mol. The summed E-state index contributed by atoms with van der Waals surface area (Å²) < 4.78 is 6.94. The summed E-state index contributed by atoms with van der Waals surface area (Å²) in [4.78, 5) is 70.2. The van der Waals surface area contributed by atoms with Gasteiger partial charge in [0, 0.05) is 46.1 Å². The number of aliphatic hydroxyl groups is 1. The van der Waals surface area contributed by atoms with E-state index in [4.69, 9.17) is 4.74 Å². The number of ether oxygens (including phenoxy) is 1. The fourth-order valence-corrected chi connectivity index (χ4v) is 11.2. The molecule has 11 nitrogen and oxygen atoms in total. The van der Waals surface area contributed by atoms with Crippen LogP contribution in [0.25, 0.3) is 0 Å². The molecular formula is C42H46N4O7Si. The smallest absolute Gasteiger partial charge is 0.264 e. The lowest BCUT2D eigenvalue weighted by Crippen LogP contribution is -2.46. The third-order valence-electron chi connectivity index (χ3n) is 11.1. The molecule has 3 heterocycles. The number of fused-ring (bicyclic) bond motifs is 2. The Morgan fingerprint density at radius 1 is 0.870 bits per heavy atom. The summed E-state index contributed by atoms with van der Waals surface area (Å²) in [7, 11) is -3.08. The molecule has 2 fully saturated rings. The molecule has 0 aromatic heterocycles. The van der Waals surface area contributed by atoms with E-state index >= 15 is 4.79 Å². The van der Waals surface area contributed by atoms with E-state index in [9.17, 15) is 24.3 Å². The Bertz CT molecular complexity index is 2060. The van der Waals surface area contributed by atoms with E-state index in [1.807, 2.05) is 50.3 Å². The first-order valence-electron chi connectivity index (χ1n) is 18.5. The number of nitrogens with zero attached hydrogens (tertiary/aromatic N) is 2. The number of likely N-dealkylation sites (tertiary alicyclic amines) is 1. The number of anilines is 3. The summed E-state index contributed by atoms with van der Waals surface area (Å²) in [6.45, 7) is 6.08. The van der Waals surface area contributed by atoms with Gasteiger partial charge in [0.1, 0.15) is 0 Å². The number of benzene rings is 4. The second kappa shape index (κ2) is 14.9. The van der Waals surface area contributed by atoms with Crippen LogP contribution >= 0.6 is 0 Å². The van der Waals surface area contributed by atoms with Gasteiger partial charge in [0.2, 0.25) is 5.91 Å². The Hall–Kier alpha value is -5.14. The van der Waals surface area contributed by atoms with Crippen molar-refractivity contribution in [1.82, 2.24) is 4.90 Å². The molecule has 0 bridgehead atoms. The Balaban J connectivity index is 1.25. The number of aliphatic hydroxyl groups excluding tert-OH is 1. The van der Waals surface area contributed by atoms with Gasteiger partial charge in [-0.05, 0) is 86.1 Å². The molecule has 0 unspecified atom stereocenters. The Morgan fingerprint density at radius 2 is 1.50 bits per heavy atom. The largest absolute Gasteiger partial charge is 0.432 e. The maximum atomic E-state index is 15.1. The summed E-state index contributed by atoms with van der Waals surface area (Å²) >= 11 is 0. The van der Waals surface area contributed by atoms with Crippen molar-refractivity contribution in [2.75, 3.05) is 28.7 Å². The van der Waals surface area contributed by atoms with E-state index in [1.54, 1.807) is 82.6 Å². The van der Waals surface area contributed by atoms with Gasteiger partial charge in [-0.2, -0.15) is 0 Å². The first-order valence-corrected chi connectivity index (χ1v) is 21.5. The minimum absolute atomic E-state index is 0.0412. The van der Waals surface area contributed by atoms with Crippen LogP contribution in [0.3, 0.4) is 0 Å². The van der Waals surface area contributed by atoms with Crippen molar-refractivity contribution in [3.8, 4) is 0 Å². The van der Waals surface area contributed by atoms with Gasteiger partial charge in [-0.1, -0.05) is 55.5 Å². The van der Waals surface area contributed by atoms with Crippen molar-refractivity contribution in [2.24, 2.45) is 5.92 Å². The third kappa shape index (κ3) is 6.97. The molecule has 54 heavy (non-hydrogen) atoms. The van der Waals surface area contributed by atoms with E-state index < -0.39 is 31.5 Å². The van der Waals surface area contributed by atoms with Crippen LogP contribution in [0.5, 0.6) is 0 Å². The fraction of sp³-hybridized carbons (Fsp3) is 0.333. The van der Waals surface area contributed by atoms with Gasteiger partial charge < -0.3 is 35.1 Å². The van der Waals surface area contributed by atoms with Crippen LogP contribution in [0.2, 0.25) is 18.6 Å². The summed E-state index contributed by atoms with van der Waals surface area (Å²) in [5, 5.41) is 15.9. The zero-order chi connectivity index (χ0) is 38.2.